The van der Waals surface area contributed by atoms with Crippen LogP contribution in [0, 0.1) is 5.82 Å². The van der Waals surface area contributed by atoms with E-state index in [-0.39, 0.29) is 34.3 Å². The molecule has 1 aromatic heterocycles. The largest absolute Gasteiger partial charge is 0.493 e. The summed E-state index contributed by atoms with van der Waals surface area (Å²) in [6.07, 6.45) is 0.609. The third-order valence-electron chi connectivity index (χ3n) is 2.77. The highest BCUT2D eigenvalue weighted by Crippen LogP contribution is 2.20. The summed E-state index contributed by atoms with van der Waals surface area (Å²) in [6.45, 7) is 1.75. The SMILES string of the molecule is CCc1c(O)nc(Cc2ccc(F)cc2Cl)[nH]c1=O. The lowest BCUT2D eigenvalue weighted by atomic mass is 10.1. The number of aromatic nitrogens is 2. The zero-order valence-corrected chi connectivity index (χ0v) is 11.0. The van der Waals surface area contributed by atoms with Gasteiger partial charge in [0.2, 0.25) is 5.88 Å². The van der Waals surface area contributed by atoms with Crippen molar-refractivity contribution in [3.63, 3.8) is 0 Å². The Labute approximate surface area is 113 Å². The van der Waals surface area contributed by atoms with Gasteiger partial charge in [-0.3, -0.25) is 4.79 Å². The number of hydrogen-bond donors (Lipinski definition) is 2. The molecule has 0 radical (unpaired) electrons. The highest BCUT2D eigenvalue weighted by molar-refractivity contribution is 6.31. The van der Waals surface area contributed by atoms with Gasteiger partial charge in [-0.1, -0.05) is 24.6 Å². The van der Waals surface area contributed by atoms with Gasteiger partial charge in [-0.25, -0.2) is 4.39 Å². The van der Waals surface area contributed by atoms with Gasteiger partial charge in [-0.15, -0.1) is 0 Å². The van der Waals surface area contributed by atoms with E-state index in [2.05, 4.69) is 9.97 Å². The number of aromatic amines is 1. The van der Waals surface area contributed by atoms with Crippen molar-refractivity contribution in [3.8, 4) is 5.88 Å². The molecule has 1 heterocycles. The second-order valence-electron chi connectivity index (χ2n) is 4.08. The normalized spacial score (nSPS) is 10.7. The van der Waals surface area contributed by atoms with Crippen LogP contribution in [0.1, 0.15) is 23.9 Å². The van der Waals surface area contributed by atoms with Crippen molar-refractivity contribution in [2.45, 2.75) is 19.8 Å². The quantitative estimate of drug-likeness (QED) is 0.908. The molecule has 0 aliphatic rings. The third-order valence-corrected chi connectivity index (χ3v) is 3.12. The van der Waals surface area contributed by atoms with Crippen molar-refractivity contribution in [1.29, 1.82) is 0 Å². The number of hydrogen-bond acceptors (Lipinski definition) is 3. The molecular formula is C13H12ClFN2O2. The molecule has 2 aromatic rings. The van der Waals surface area contributed by atoms with Crippen LogP contribution >= 0.6 is 11.6 Å². The van der Waals surface area contributed by atoms with Gasteiger partial charge in [-0.05, 0) is 24.1 Å². The van der Waals surface area contributed by atoms with Crippen LogP contribution < -0.4 is 5.56 Å². The second kappa shape index (κ2) is 5.40. The van der Waals surface area contributed by atoms with E-state index in [0.717, 1.165) is 0 Å². The molecule has 0 saturated heterocycles. The Kier molecular flexibility index (Phi) is 3.85. The average Bonchev–Trinajstić information content (AvgIpc) is 2.32. The molecule has 2 N–H and O–H groups in total. The van der Waals surface area contributed by atoms with Crippen LogP contribution in [0.4, 0.5) is 4.39 Å². The molecule has 0 bridgehead atoms. The van der Waals surface area contributed by atoms with Gasteiger partial charge < -0.3 is 10.1 Å². The standard InChI is InChI=1S/C13H12ClFN2O2/c1-2-9-12(18)16-11(17-13(9)19)5-7-3-4-8(15)6-10(7)14/h3-4,6H,2,5H2,1H3,(H2,16,17,18,19). The van der Waals surface area contributed by atoms with Gasteiger partial charge in [0, 0.05) is 11.4 Å². The van der Waals surface area contributed by atoms with Crippen LogP contribution in [-0.2, 0) is 12.8 Å². The van der Waals surface area contributed by atoms with Crippen molar-refractivity contribution in [2.24, 2.45) is 0 Å². The van der Waals surface area contributed by atoms with E-state index in [0.29, 0.717) is 12.0 Å². The molecule has 2 rings (SSSR count). The van der Waals surface area contributed by atoms with Gasteiger partial charge in [0.25, 0.3) is 5.56 Å². The topological polar surface area (TPSA) is 66.0 Å². The molecule has 0 amide bonds. The minimum Gasteiger partial charge on any atom is -0.493 e. The summed E-state index contributed by atoms with van der Waals surface area (Å²) < 4.78 is 12.9. The molecule has 1 aromatic carbocycles. The Morgan fingerprint density at radius 3 is 2.79 bits per heavy atom. The predicted octanol–water partition coefficient (Wildman–Crippen LogP) is 2.42. The first kappa shape index (κ1) is 13.5. The lowest BCUT2D eigenvalue weighted by Gasteiger charge is -2.06. The van der Waals surface area contributed by atoms with Crippen molar-refractivity contribution in [1.82, 2.24) is 9.97 Å². The van der Waals surface area contributed by atoms with Crippen molar-refractivity contribution in [2.75, 3.05) is 0 Å². The van der Waals surface area contributed by atoms with Crippen LogP contribution in [0.3, 0.4) is 0 Å². The van der Waals surface area contributed by atoms with Crippen LogP contribution in [0.2, 0.25) is 5.02 Å². The maximum absolute atomic E-state index is 12.9. The molecular weight excluding hydrogens is 271 g/mol. The predicted molar refractivity (Wildman–Crippen MR) is 70.1 cm³/mol. The fourth-order valence-electron chi connectivity index (χ4n) is 1.78. The smallest absolute Gasteiger partial charge is 0.257 e. The summed E-state index contributed by atoms with van der Waals surface area (Å²) in [5, 5.41) is 9.89. The van der Waals surface area contributed by atoms with Crippen LogP contribution in [0.25, 0.3) is 0 Å². The number of halogens is 2. The third kappa shape index (κ3) is 2.93. The molecule has 0 aliphatic heterocycles. The molecule has 100 valence electrons. The molecule has 4 nitrogen and oxygen atoms in total. The molecule has 0 unspecified atom stereocenters. The molecule has 0 saturated carbocycles. The number of benzene rings is 1. The van der Waals surface area contributed by atoms with Crippen LogP contribution in [-0.4, -0.2) is 15.1 Å². The van der Waals surface area contributed by atoms with E-state index in [1.54, 1.807) is 6.92 Å². The minimum absolute atomic E-state index is 0.214. The highest BCUT2D eigenvalue weighted by Gasteiger charge is 2.10. The summed E-state index contributed by atoms with van der Waals surface area (Å²) in [5.74, 6) is -0.424. The lowest BCUT2D eigenvalue weighted by Crippen LogP contribution is -2.16. The number of rotatable bonds is 3. The first-order valence-corrected chi connectivity index (χ1v) is 6.14. The first-order chi connectivity index (χ1) is 9.01. The Morgan fingerprint density at radius 2 is 2.21 bits per heavy atom. The minimum atomic E-state index is -0.431. The van der Waals surface area contributed by atoms with Crippen molar-refractivity contribution in [3.05, 3.63) is 56.3 Å². The van der Waals surface area contributed by atoms with E-state index in [4.69, 9.17) is 11.6 Å². The maximum Gasteiger partial charge on any atom is 0.257 e. The van der Waals surface area contributed by atoms with Gasteiger partial charge in [0.05, 0.1) is 5.56 Å². The summed E-state index contributed by atoms with van der Waals surface area (Å²) >= 11 is 5.90. The summed E-state index contributed by atoms with van der Waals surface area (Å²) in [4.78, 5) is 18.2. The summed E-state index contributed by atoms with van der Waals surface area (Å²) in [7, 11) is 0. The van der Waals surface area contributed by atoms with Crippen molar-refractivity contribution < 1.29 is 9.50 Å². The monoisotopic (exact) mass is 282 g/mol. The molecule has 0 spiro atoms. The fraction of sp³-hybridized carbons (Fsp3) is 0.231. The number of aromatic hydroxyl groups is 1. The zero-order chi connectivity index (χ0) is 14.0. The lowest BCUT2D eigenvalue weighted by molar-refractivity contribution is 0.440. The summed E-state index contributed by atoms with van der Waals surface area (Å²) in [6, 6.07) is 3.98. The summed E-state index contributed by atoms with van der Waals surface area (Å²) in [5.41, 5.74) is 0.493. The Balaban J connectivity index is 2.36. The molecule has 19 heavy (non-hydrogen) atoms. The van der Waals surface area contributed by atoms with E-state index in [1.165, 1.54) is 18.2 Å². The van der Waals surface area contributed by atoms with Gasteiger partial charge in [-0.2, -0.15) is 4.98 Å². The van der Waals surface area contributed by atoms with Gasteiger partial charge >= 0.3 is 0 Å². The van der Waals surface area contributed by atoms with Crippen molar-refractivity contribution >= 4 is 11.6 Å². The van der Waals surface area contributed by atoms with Crippen LogP contribution in [0.5, 0.6) is 5.88 Å². The number of nitrogens with one attached hydrogen (secondary N) is 1. The Bertz CT molecular complexity index is 670. The Hall–Kier alpha value is -1.88. The fourth-order valence-corrected chi connectivity index (χ4v) is 2.01. The highest BCUT2D eigenvalue weighted by atomic mass is 35.5. The molecule has 0 atom stereocenters. The average molecular weight is 283 g/mol. The van der Waals surface area contributed by atoms with E-state index < -0.39 is 5.82 Å². The zero-order valence-electron chi connectivity index (χ0n) is 10.2. The molecule has 0 fully saturated rings. The first-order valence-electron chi connectivity index (χ1n) is 5.76. The second-order valence-corrected chi connectivity index (χ2v) is 4.49. The number of H-pyrrole nitrogens is 1. The van der Waals surface area contributed by atoms with Crippen LogP contribution in [0.15, 0.2) is 23.0 Å². The molecule has 6 heteroatoms. The maximum atomic E-state index is 12.9. The Morgan fingerprint density at radius 1 is 1.47 bits per heavy atom. The van der Waals surface area contributed by atoms with E-state index in [9.17, 15) is 14.3 Å². The van der Waals surface area contributed by atoms with Gasteiger partial charge in [0.1, 0.15) is 11.6 Å². The molecule has 0 aliphatic carbocycles. The number of nitrogens with zero attached hydrogens (tertiary/aromatic N) is 1. The van der Waals surface area contributed by atoms with E-state index >= 15 is 0 Å². The van der Waals surface area contributed by atoms with Gasteiger partial charge in [0.15, 0.2) is 0 Å². The van der Waals surface area contributed by atoms with E-state index in [1.807, 2.05) is 0 Å².